The summed E-state index contributed by atoms with van der Waals surface area (Å²) in [7, 11) is 4.53. The second-order valence-corrected chi connectivity index (χ2v) is 5.62. The fraction of sp³-hybridized carbons (Fsp3) is 0.312. The van der Waals surface area contributed by atoms with E-state index < -0.39 is 5.97 Å². The van der Waals surface area contributed by atoms with E-state index in [4.69, 9.17) is 14.2 Å². The molecule has 1 aromatic heterocycles. The number of ether oxygens (including phenoxy) is 3. The van der Waals surface area contributed by atoms with E-state index in [1.165, 1.54) is 18.4 Å². The minimum absolute atomic E-state index is 0.393. The number of aromatic nitrogens is 1. The van der Waals surface area contributed by atoms with Gasteiger partial charge in [0.15, 0.2) is 0 Å². The van der Waals surface area contributed by atoms with Gasteiger partial charge >= 0.3 is 5.97 Å². The molecule has 1 N–H and O–H groups in total. The Bertz CT molecular complexity index is 743. The largest absolute Gasteiger partial charge is 0.497 e. The van der Waals surface area contributed by atoms with Crippen LogP contribution in [0.1, 0.15) is 27.9 Å². The van der Waals surface area contributed by atoms with E-state index in [1.807, 2.05) is 13.0 Å². The number of hydrazone groups is 1. The third kappa shape index (κ3) is 4.02. The topological polar surface area (TPSA) is 82.0 Å². The van der Waals surface area contributed by atoms with Gasteiger partial charge in [-0.15, -0.1) is 0 Å². The third-order valence-electron chi connectivity index (χ3n) is 3.20. The van der Waals surface area contributed by atoms with Gasteiger partial charge in [0.25, 0.3) is 0 Å². The fourth-order valence-electron chi connectivity index (χ4n) is 1.99. The van der Waals surface area contributed by atoms with Gasteiger partial charge in [-0.1, -0.05) is 18.3 Å². The summed E-state index contributed by atoms with van der Waals surface area (Å²) in [4.78, 5) is 16.5. The zero-order valence-electron chi connectivity index (χ0n) is 14.0. The minimum atomic E-state index is -0.393. The summed E-state index contributed by atoms with van der Waals surface area (Å²) in [6.45, 7) is 1.93. The molecule has 0 saturated carbocycles. The molecule has 7 nitrogen and oxygen atoms in total. The van der Waals surface area contributed by atoms with Gasteiger partial charge in [0.2, 0.25) is 5.13 Å². The van der Waals surface area contributed by atoms with Gasteiger partial charge in [0.1, 0.15) is 16.4 Å². The monoisotopic (exact) mass is 349 g/mol. The Hall–Kier alpha value is -2.61. The van der Waals surface area contributed by atoms with Gasteiger partial charge in [-0.2, -0.15) is 5.10 Å². The fourth-order valence-corrected chi connectivity index (χ4v) is 2.91. The van der Waals surface area contributed by atoms with E-state index in [9.17, 15) is 4.79 Å². The second kappa shape index (κ2) is 8.30. The summed E-state index contributed by atoms with van der Waals surface area (Å²) in [6, 6.07) is 5.41. The van der Waals surface area contributed by atoms with Crippen LogP contribution in [0.2, 0.25) is 0 Å². The van der Waals surface area contributed by atoms with Crippen molar-refractivity contribution in [2.45, 2.75) is 13.3 Å². The van der Waals surface area contributed by atoms with Gasteiger partial charge in [0, 0.05) is 5.56 Å². The molecular formula is C16H19N3O4S. The summed E-state index contributed by atoms with van der Waals surface area (Å²) < 4.78 is 15.2. The lowest BCUT2D eigenvalue weighted by Crippen LogP contribution is -2.01. The number of esters is 1. The van der Waals surface area contributed by atoms with E-state index in [0.29, 0.717) is 33.6 Å². The zero-order chi connectivity index (χ0) is 17.5. The van der Waals surface area contributed by atoms with Crippen LogP contribution in [0.3, 0.4) is 0 Å². The standard InChI is InChI=1S/C16H19N3O4S/c1-5-12-14(15(20)23-4)24-16(18-12)19-17-9-10-8-11(21-2)6-7-13(10)22-3/h6-9H,5H2,1-4H3,(H,18,19)/b17-9-. The number of hydrogen-bond acceptors (Lipinski definition) is 8. The van der Waals surface area contributed by atoms with Crippen molar-refractivity contribution in [3.05, 3.63) is 34.3 Å². The molecule has 0 spiro atoms. The number of thiazole rings is 1. The van der Waals surface area contributed by atoms with Crippen molar-refractivity contribution in [2.75, 3.05) is 26.8 Å². The SMILES string of the molecule is CCc1nc(N/N=C\c2cc(OC)ccc2OC)sc1C(=O)OC. The maximum Gasteiger partial charge on any atom is 0.350 e. The smallest absolute Gasteiger partial charge is 0.350 e. The van der Waals surface area contributed by atoms with Crippen molar-refractivity contribution in [1.82, 2.24) is 4.98 Å². The molecule has 0 aliphatic carbocycles. The van der Waals surface area contributed by atoms with Crippen LogP contribution in [0.5, 0.6) is 11.5 Å². The minimum Gasteiger partial charge on any atom is -0.497 e. The summed E-state index contributed by atoms with van der Waals surface area (Å²) >= 11 is 1.20. The number of hydrogen-bond donors (Lipinski definition) is 1. The summed E-state index contributed by atoms with van der Waals surface area (Å²) in [5.74, 6) is 0.980. The second-order valence-electron chi connectivity index (χ2n) is 4.62. The number of anilines is 1. The molecule has 0 unspecified atom stereocenters. The first-order valence-corrected chi connectivity index (χ1v) is 8.03. The van der Waals surface area contributed by atoms with Crippen LogP contribution >= 0.6 is 11.3 Å². The van der Waals surface area contributed by atoms with Crippen molar-refractivity contribution in [3.63, 3.8) is 0 Å². The molecule has 1 aromatic carbocycles. The lowest BCUT2D eigenvalue weighted by atomic mass is 10.2. The molecule has 2 aromatic rings. The van der Waals surface area contributed by atoms with Crippen LogP contribution in [0.4, 0.5) is 5.13 Å². The normalized spacial score (nSPS) is 10.7. The molecule has 0 radical (unpaired) electrons. The van der Waals surface area contributed by atoms with Crippen molar-refractivity contribution >= 4 is 28.7 Å². The van der Waals surface area contributed by atoms with E-state index in [0.717, 1.165) is 5.56 Å². The first-order chi connectivity index (χ1) is 11.6. The lowest BCUT2D eigenvalue weighted by molar-refractivity contribution is 0.0605. The third-order valence-corrected chi connectivity index (χ3v) is 4.19. The Morgan fingerprint density at radius 3 is 2.75 bits per heavy atom. The summed E-state index contributed by atoms with van der Waals surface area (Å²) in [5, 5.41) is 4.67. The van der Waals surface area contributed by atoms with Crippen LogP contribution in [-0.2, 0) is 11.2 Å². The van der Waals surface area contributed by atoms with Crippen molar-refractivity contribution in [1.29, 1.82) is 0 Å². The van der Waals surface area contributed by atoms with Gasteiger partial charge in [0.05, 0.1) is 33.2 Å². The van der Waals surface area contributed by atoms with Crippen LogP contribution in [0, 0.1) is 0 Å². The zero-order valence-corrected chi connectivity index (χ0v) is 14.8. The highest BCUT2D eigenvalue weighted by Gasteiger charge is 2.17. The van der Waals surface area contributed by atoms with Crippen LogP contribution in [-0.4, -0.2) is 38.5 Å². The van der Waals surface area contributed by atoms with Crippen LogP contribution in [0.15, 0.2) is 23.3 Å². The Kier molecular flexibility index (Phi) is 6.14. The van der Waals surface area contributed by atoms with Crippen molar-refractivity contribution < 1.29 is 19.0 Å². The highest BCUT2D eigenvalue weighted by Crippen LogP contribution is 2.25. The van der Waals surface area contributed by atoms with E-state index >= 15 is 0 Å². The number of aryl methyl sites for hydroxylation is 1. The maximum absolute atomic E-state index is 11.7. The van der Waals surface area contributed by atoms with Gasteiger partial charge in [-0.05, 0) is 24.6 Å². The average molecular weight is 349 g/mol. The molecule has 24 heavy (non-hydrogen) atoms. The molecule has 0 saturated heterocycles. The highest BCUT2D eigenvalue weighted by atomic mass is 32.1. The molecule has 0 aliphatic heterocycles. The van der Waals surface area contributed by atoms with Crippen LogP contribution < -0.4 is 14.9 Å². The Balaban J connectivity index is 2.17. The van der Waals surface area contributed by atoms with Crippen LogP contribution in [0.25, 0.3) is 0 Å². The number of benzene rings is 1. The summed E-state index contributed by atoms with van der Waals surface area (Å²) in [5.41, 5.74) is 4.27. The molecule has 128 valence electrons. The molecule has 0 bridgehead atoms. The average Bonchev–Trinajstić information content (AvgIpc) is 3.04. The van der Waals surface area contributed by atoms with E-state index in [2.05, 4.69) is 15.5 Å². The van der Waals surface area contributed by atoms with Gasteiger partial charge in [-0.25, -0.2) is 9.78 Å². The number of nitrogens with zero attached hydrogens (tertiary/aromatic N) is 2. The predicted octanol–water partition coefficient (Wildman–Crippen LogP) is 2.96. The molecule has 8 heteroatoms. The van der Waals surface area contributed by atoms with Crippen molar-refractivity contribution in [3.8, 4) is 11.5 Å². The highest BCUT2D eigenvalue weighted by molar-refractivity contribution is 7.17. The van der Waals surface area contributed by atoms with Gasteiger partial charge < -0.3 is 14.2 Å². The molecule has 0 atom stereocenters. The molecule has 0 fully saturated rings. The first-order valence-electron chi connectivity index (χ1n) is 7.22. The predicted molar refractivity (Wildman–Crippen MR) is 93.6 cm³/mol. The molecule has 0 aliphatic rings. The molecule has 0 amide bonds. The van der Waals surface area contributed by atoms with E-state index in [1.54, 1.807) is 32.6 Å². The molecule has 1 heterocycles. The maximum atomic E-state index is 11.7. The quantitative estimate of drug-likeness (QED) is 0.470. The Morgan fingerprint density at radius 1 is 1.33 bits per heavy atom. The number of nitrogens with one attached hydrogen (secondary N) is 1. The Morgan fingerprint density at radius 2 is 2.12 bits per heavy atom. The number of methoxy groups -OCH3 is 3. The molecular weight excluding hydrogens is 330 g/mol. The first kappa shape index (κ1) is 17.7. The summed E-state index contributed by atoms with van der Waals surface area (Å²) in [6.07, 6.45) is 2.24. The van der Waals surface area contributed by atoms with E-state index in [-0.39, 0.29) is 0 Å². The number of rotatable bonds is 7. The Labute approximate surface area is 144 Å². The number of carbonyl (C=O) groups excluding carboxylic acids is 1. The van der Waals surface area contributed by atoms with Gasteiger partial charge in [-0.3, -0.25) is 5.43 Å². The molecule has 2 rings (SSSR count). The van der Waals surface area contributed by atoms with Crippen molar-refractivity contribution in [2.24, 2.45) is 5.10 Å². The lowest BCUT2D eigenvalue weighted by Gasteiger charge is -2.06. The number of carbonyl (C=O) groups is 1.